The van der Waals surface area contributed by atoms with Gasteiger partial charge in [0, 0.05) is 6.92 Å². The molecule has 1 fully saturated rings. The average Bonchev–Trinajstić information content (AvgIpc) is 2.77. The van der Waals surface area contributed by atoms with Crippen molar-refractivity contribution < 1.29 is 4.79 Å². The molecule has 0 bridgehead atoms. The van der Waals surface area contributed by atoms with E-state index in [1.807, 2.05) is 0 Å². The van der Waals surface area contributed by atoms with Gasteiger partial charge < -0.3 is 10.6 Å². The molecule has 0 aliphatic carbocycles. The van der Waals surface area contributed by atoms with Gasteiger partial charge in [-0.15, -0.1) is 5.10 Å². The van der Waals surface area contributed by atoms with E-state index in [1.165, 1.54) is 6.92 Å². The maximum absolute atomic E-state index is 10.8. The SMILES string of the molecule is CC(=O)Nc1cnn(CC2CCNC2)n1. The van der Waals surface area contributed by atoms with E-state index in [0.717, 1.165) is 26.1 Å². The molecule has 1 aliphatic heterocycles. The summed E-state index contributed by atoms with van der Waals surface area (Å²) in [5.74, 6) is 1.00. The van der Waals surface area contributed by atoms with E-state index in [1.54, 1.807) is 11.0 Å². The van der Waals surface area contributed by atoms with Crippen LogP contribution in [0.5, 0.6) is 0 Å². The highest BCUT2D eigenvalue weighted by Crippen LogP contribution is 2.10. The van der Waals surface area contributed by atoms with Gasteiger partial charge in [0.1, 0.15) is 0 Å². The van der Waals surface area contributed by atoms with E-state index in [4.69, 9.17) is 0 Å². The molecule has 1 aliphatic rings. The van der Waals surface area contributed by atoms with Crippen molar-refractivity contribution in [1.29, 1.82) is 0 Å². The van der Waals surface area contributed by atoms with Crippen molar-refractivity contribution in [2.45, 2.75) is 19.9 Å². The molecule has 6 heteroatoms. The molecular formula is C9H15N5O. The van der Waals surface area contributed by atoms with Gasteiger partial charge >= 0.3 is 0 Å². The fraction of sp³-hybridized carbons (Fsp3) is 0.667. The zero-order valence-corrected chi connectivity index (χ0v) is 8.73. The number of amides is 1. The number of carbonyl (C=O) groups excluding carboxylic acids is 1. The number of rotatable bonds is 3. The van der Waals surface area contributed by atoms with E-state index in [-0.39, 0.29) is 5.91 Å². The number of anilines is 1. The fourth-order valence-electron chi connectivity index (χ4n) is 1.72. The summed E-state index contributed by atoms with van der Waals surface area (Å²) in [6.45, 7) is 4.37. The molecular weight excluding hydrogens is 194 g/mol. The molecule has 1 amide bonds. The molecule has 1 saturated heterocycles. The lowest BCUT2D eigenvalue weighted by Gasteiger charge is -2.05. The number of aromatic nitrogens is 3. The number of nitrogens with zero attached hydrogens (tertiary/aromatic N) is 3. The summed E-state index contributed by atoms with van der Waals surface area (Å²) in [5.41, 5.74) is 0. The molecule has 6 nitrogen and oxygen atoms in total. The van der Waals surface area contributed by atoms with Crippen LogP contribution in [-0.4, -0.2) is 34.0 Å². The third-order valence-corrected chi connectivity index (χ3v) is 2.42. The van der Waals surface area contributed by atoms with Gasteiger partial charge in [0.2, 0.25) is 5.91 Å². The minimum absolute atomic E-state index is 0.121. The number of nitrogens with one attached hydrogen (secondary N) is 2. The van der Waals surface area contributed by atoms with E-state index in [9.17, 15) is 4.79 Å². The van der Waals surface area contributed by atoms with Crippen molar-refractivity contribution in [3.63, 3.8) is 0 Å². The van der Waals surface area contributed by atoms with Crippen molar-refractivity contribution in [2.24, 2.45) is 5.92 Å². The second kappa shape index (κ2) is 4.39. The molecule has 1 atom stereocenters. The molecule has 2 heterocycles. The standard InChI is InChI=1S/C9H15N5O/c1-7(15)12-9-5-11-14(13-9)6-8-2-3-10-4-8/h5,8,10H,2-4,6H2,1H3,(H,12,13,15). The van der Waals surface area contributed by atoms with Crippen LogP contribution in [0.2, 0.25) is 0 Å². The normalized spacial score (nSPS) is 20.5. The maximum Gasteiger partial charge on any atom is 0.222 e. The van der Waals surface area contributed by atoms with Crippen molar-refractivity contribution in [2.75, 3.05) is 18.4 Å². The van der Waals surface area contributed by atoms with Crippen LogP contribution in [0.25, 0.3) is 0 Å². The Bertz CT molecular complexity index is 342. The lowest BCUT2D eigenvalue weighted by Crippen LogP contribution is -2.16. The summed E-state index contributed by atoms with van der Waals surface area (Å²) >= 11 is 0. The first-order valence-electron chi connectivity index (χ1n) is 5.12. The second-order valence-electron chi connectivity index (χ2n) is 3.82. The molecule has 15 heavy (non-hydrogen) atoms. The molecule has 82 valence electrons. The van der Waals surface area contributed by atoms with Crippen LogP contribution in [0.15, 0.2) is 6.20 Å². The third-order valence-electron chi connectivity index (χ3n) is 2.42. The molecule has 1 unspecified atom stereocenters. The highest BCUT2D eigenvalue weighted by atomic mass is 16.1. The number of hydrogen-bond donors (Lipinski definition) is 2. The quantitative estimate of drug-likeness (QED) is 0.726. The van der Waals surface area contributed by atoms with Crippen molar-refractivity contribution in [3.05, 3.63) is 6.20 Å². The van der Waals surface area contributed by atoms with Crippen molar-refractivity contribution in [3.8, 4) is 0 Å². The van der Waals surface area contributed by atoms with Crippen LogP contribution in [-0.2, 0) is 11.3 Å². The van der Waals surface area contributed by atoms with Crippen LogP contribution < -0.4 is 10.6 Å². The molecule has 0 radical (unpaired) electrons. The topological polar surface area (TPSA) is 71.8 Å². The van der Waals surface area contributed by atoms with Crippen LogP contribution in [0.4, 0.5) is 5.82 Å². The van der Waals surface area contributed by atoms with Crippen LogP contribution in [0.1, 0.15) is 13.3 Å². The Kier molecular flexibility index (Phi) is 2.96. The summed E-state index contributed by atoms with van der Waals surface area (Å²) in [4.78, 5) is 12.4. The first-order valence-corrected chi connectivity index (χ1v) is 5.12. The zero-order chi connectivity index (χ0) is 10.7. The molecule has 1 aromatic heterocycles. The van der Waals surface area contributed by atoms with Crippen molar-refractivity contribution >= 4 is 11.7 Å². The number of carbonyl (C=O) groups is 1. The van der Waals surface area contributed by atoms with Gasteiger partial charge in [-0.1, -0.05) is 0 Å². The predicted octanol–water partition coefficient (Wildman–Crippen LogP) is -0.154. The Hall–Kier alpha value is -1.43. The largest absolute Gasteiger partial charge is 0.316 e. The Balaban J connectivity index is 1.91. The maximum atomic E-state index is 10.8. The summed E-state index contributed by atoms with van der Waals surface area (Å²) in [6, 6.07) is 0. The zero-order valence-electron chi connectivity index (χ0n) is 8.73. The highest BCUT2D eigenvalue weighted by molar-refractivity contribution is 5.87. The molecule has 0 saturated carbocycles. The molecule has 0 spiro atoms. The van der Waals surface area contributed by atoms with Crippen LogP contribution in [0.3, 0.4) is 0 Å². The van der Waals surface area contributed by atoms with Crippen molar-refractivity contribution in [1.82, 2.24) is 20.3 Å². The average molecular weight is 209 g/mol. The van der Waals surface area contributed by atoms with Gasteiger partial charge in [0.25, 0.3) is 0 Å². The smallest absolute Gasteiger partial charge is 0.222 e. The Morgan fingerprint density at radius 1 is 1.80 bits per heavy atom. The Labute approximate surface area is 88.0 Å². The van der Waals surface area contributed by atoms with Crippen LogP contribution in [0, 0.1) is 5.92 Å². The summed E-state index contributed by atoms with van der Waals surface area (Å²) in [5, 5.41) is 14.1. The van der Waals surface area contributed by atoms with Gasteiger partial charge in [-0.3, -0.25) is 4.79 Å². The summed E-state index contributed by atoms with van der Waals surface area (Å²) in [7, 11) is 0. The molecule has 2 N–H and O–H groups in total. The summed E-state index contributed by atoms with van der Waals surface area (Å²) < 4.78 is 0. The minimum atomic E-state index is -0.121. The lowest BCUT2D eigenvalue weighted by molar-refractivity contribution is -0.114. The van der Waals surface area contributed by atoms with Gasteiger partial charge in [-0.2, -0.15) is 9.90 Å². The lowest BCUT2D eigenvalue weighted by atomic mass is 10.1. The predicted molar refractivity (Wildman–Crippen MR) is 55.3 cm³/mol. The highest BCUT2D eigenvalue weighted by Gasteiger charge is 2.15. The molecule has 1 aromatic rings. The molecule has 0 aromatic carbocycles. The first kappa shape index (κ1) is 10.1. The van der Waals surface area contributed by atoms with E-state index < -0.39 is 0 Å². The Morgan fingerprint density at radius 2 is 2.67 bits per heavy atom. The Morgan fingerprint density at radius 3 is 3.33 bits per heavy atom. The van der Waals surface area contributed by atoms with Gasteiger partial charge in [-0.25, -0.2) is 0 Å². The summed E-state index contributed by atoms with van der Waals surface area (Å²) in [6.07, 6.45) is 2.74. The van der Waals surface area contributed by atoms with E-state index in [0.29, 0.717) is 11.7 Å². The third kappa shape index (κ3) is 2.76. The fourth-order valence-corrected chi connectivity index (χ4v) is 1.72. The number of hydrogen-bond acceptors (Lipinski definition) is 4. The van der Waals surface area contributed by atoms with E-state index >= 15 is 0 Å². The van der Waals surface area contributed by atoms with Gasteiger partial charge in [-0.05, 0) is 25.4 Å². The minimum Gasteiger partial charge on any atom is -0.316 e. The van der Waals surface area contributed by atoms with Crippen LogP contribution >= 0.6 is 0 Å². The van der Waals surface area contributed by atoms with Gasteiger partial charge in [0.05, 0.1) is 12.7 Å². The molecule has 2 rings (SSSR count). The van der Waals surface area contributed by atoms with E-state index in [2.05, 4.69) is 20.8 Å². The van der Waals surface area contributed by atoms with Gasteiger partial charge in [0.15, 0.2) is 5.82 Å². The second-order valence-corrected chi connectivity index (χ2v) is 3.82. The first-order chi connectivity index (χ1) is 7.24. The monoisotopic (exact) mass is 209 g/mol.